The number of aromatic nitrogens is 3. The second-order valence-corrected chi connectivity index (χ2v) is 10.4. The van der Waals surface area contributed by atoms with Crippen molar-refractivity contribution in [2.75, 3.05) is 6.54 Å². The highest BCUT2D eigenvalue weighted by Gasteiger charge is 2.31. The Labute approximate surface area is 238 Å². The highest BCUT2D eigenvalue weighted by atomic mass is 16.4. The number of benzene rings is 1. The lowest BCUT2D eigenvalue weighted by Gasteiger charge is -2.25. The van der Waals surface area contributed by atoms with Gasteiger partial charge in [0.15, 0.2) is 0 Å². The average molecular weight is 569 g/mol. The summed E-state index contributed by atoms with van der Waals surface area (Å²) in [4.78, 5) is 61.6. The summed E-state index contributed by atoms with van der Waals surface area (Å²) in [6.07, 6.45) is 6.18. The molecule has 0 saturated carbocycles. The second-order valence-electron chi connectivity index (χ2n) is 10.4. The van der Waals surface area contributed by atoms with Crippen LogP contribution in [0.3, 0.4) is 0 Å². The summed E-state index contributed by atoms with van der Waals surface area (Å²) in [6.45, 7) is 3.98. The number of unbranched alkanes of at least 4 members (excludes halogenated alkanes) is 1. The monoisotopic (exact) mass is 568 g/mol. The molecule has 0 aliphatic carbocycles. The van der Waals surface area contributed by atoms with Gasteiger partial charge in [-0.1, -0.05) is 32.0 Å². The van der Waals surface area contributed by atoms with Crippen molar-refractivity contribution in [3.05, 3.63) is 54.2 Å². The minimum absolute atomic E-state index is 0.0418. The number of carbonyl (C=O) groups is 4. The summed E-state index contributed by atoms with van der Waals surface area (Å²) in [5, 5.41) is 18.7. The number of nitrogens with zero attached hydrogens (tertiary/aromatic N) is 1. The van der Waals surface area contributed by atoms with E-state index in [9.17, 15) is 24.3 Å². The Kier molecular flexibility index (Phi) is 11.4. The Balaban J connectivity index is 1.77. The number of hydrogen-bond acceptors (Lipinski definition) is 7. The van der Waals surface area contributed by atoms with Gasteiger partial charge in [0, 0.05) is 41.8 Å². The first-order valence-electron chi connectivity index (χ1n) is 13.7. The number of fused-ring (bicyclic) bond motifs is 1. The maximum atomic E-state index is 13.4. The molecule has 3 aromatic rings. The summed E-state index contributed by atoms with van der Waals surface area (Å²) >= 11 is 0. The molecule has 10 N–H and O–H groups in total. The Morgan fingerprint density at radius 3 is 2.27 bits per heavy atom. The van der Waals surface area contributed by atoms with Gasteiger partial charge in [0.2, 0.25) is 17.7 Å². The topological polar surface area (TPSA) is 221 Å². The van der Waals surface area contributed by atoms with E-state index in [0.29, 0.717) is 25.1 Å². The van der Waals surface area contributed by atoms with Crippen LogP contribution in [-0.2, 0) is 32.0 Å². The quantitative estimate of drug-likeness (QED) is 0.112. The minimum atomic E-state index is -1.24. The number of nitrogens with one attached hydrogen (secondary N) is 5. The zero-order valence-electron chi connectivity index (χ0n) is 23.4. The number of nitrogens with two attached hydrogens (primary N) is 2. The number of aliphatic carboxylic acids is 1. The number of rotatable bonds is 16. The molecule has 2 heterocycles. The standard InChI is InChI=1S/C28H40N8O5/c1-16(2)24(30)27(39)35-22(12-18-14-31-15-33-18)26(38)34-21(9-5-6-10-29)25(37)36-23(28(40)41)11-17-13-32-20-8-4-3-7-19(17)20/h3-4,7-8,13-16,21-24,32H,5-6,9-12,29-30H2,1-2H3,(H,31,33)(H,34,38)(H,35,39)(H,36,37)(H,40,41). The van der Waals surface area contributed by atoms with Gasteiger partial charge in [-0.2, -0.15) is 0 Å². The lowest BCUT2D eigenvalue weighted by Crippen LogP contribution is -2.58. The van der Waals surface area contributed by atoms with Crippen LogP contribution in [0.2, 0.25) is 0 Å². The van der Waals surface area contributed by atoms with E-state index in [1.54, 1.807) is 20.0 Å². The lowest BCUT2D eigenvalue weighted by atomic mass is 10.0. The van der Waals surface area contributed by atoms with Crippen molar-refractivity contribution < 1.29 is 24.3 Å². The highest BCUT2D eigenvalue weighted by Crippen LogP contribution is 2.19. The van der Waals surface area contributed by atoms with Crippen molar-refractivity contribution in [2.45, 2.75) is 70.1 Å². The summed E-state index contributed by atoms with van der Waals surface area (Å²) in [5.74, 6) is -3.13. The van der Waals surface area contributed by atoms with Gasteiger partial charge in [0.25, 0.3) is 0 Å². The molecule has 0 fully saturated rings. The lowest BCUT2D eigenvalue weighted by molar-refractivity contribution is -0.142. The van der Waals surface area contributed by atoms with Crippen molar-refractivity contribution in [1.29, 1.82) is 0 Å². The predicted molar refractivity (Wildman–Crippen MR) is 153 cm³/mol. The molecule has 3 amide bonds. The molecule has 0 bridgehead atoms. The van der Waals surface area contributed by atoms with Gasteiger partial charge < -0.3 is 42.5 Å². The van der Waals surface area contributed by atoms with Gasteiger partial charge in [0.05, 0.1) is 12.4 Å². The number of carbonyl (C=O) groups excluding carboxylic acids is 3. The van der Waals surface area contributed by atoms with Gasteiger partial charge in [-0.05, 0) is 43.4 Å². The average Bonchev–Trinajstić information content (AvgIpc) is 3.61. The van der Waals surface area contributed by atoms with Crippen molar-refractivity contribution >= 4 is 34.6 Å². The van der Waals surface area contributed by atoms with E-state index in [1.807, 2.05) is 24.3 Å². The first-order chi connectivity index (χ1) is 19.6. The molecule has 4 atom stereocenters. The van der Waals surface area contributed by atoms with Crippen LogP contribution >= 0.6 is 0 Å². The molecule has 2 aromatic heterocycles. The van der Waals surface area contributed by atoms with Gasteiger partial charge in [-0.25, -0.2) is 9.78 Å². The molecule has 13 nitrogen and oxygen atoms in total. The van der Waals surface area contributed by atoms with Crippen LogP contribution in [0.15, 0.2) is 43.0 Å². The van der Waals surface area contributed by atoms with E-state index in [-0.39, 0.29) is 25.2 Å². The Morgan fingerprint density at radius 1 is 0.927 bits per heavy atom. The smallest absolute Gasteiger partial charge is 0.326 e. The third-order valence-corrected chi connectivity index (χ3v) is 6.93. The maximum absolute atomic E-state index is 13.4. The predicted octanol–water partition coefficient (Wildman–Crippen LogP) is 0.328. The summed E-state index contributed by atoms with van der Waals surface area (Å²) in [5.41, 5.74) is 13.8. The molecule has 4 unspecified atom stereocenters. The van der Waals surface area contributed by atoms with E-state index >= 15 is 0 Å². The van der Waals surface area contributed by atoms with Crippen LogP contribution in [0, 0.1) is 5.92 Å². The fraction of sp³-hybridized carbons (Fsp3) is 0.464. The fourth-order valence-electron chi connectivity index (χ4n) is 4.42. The zero-order chi connectivity index (χ0) is 29.9. The second kappa shape index (κ2) is 15.0. The van der Waals surface area contributed by atoms with Gasteiger partial charge >= 0.3 is 5.97 Å². The third-order valence-electron chi connectivity index (χ3n) is 6.93. The molecule has 0 aliphatic heterocycles. The number of H-pyrrole nitrogens is 2. The van der Waals surface area contributed by atoms with Crippen LogP contribution < -0.4 is 27.4 Å². The van der Waals surface area contributed by atoms with Crippen LogP contribution in [0.1, 0.15) is 44.4 Å². The molecule has 13 heteroatoms. The Morgan fingerprint density at radius 2 is 1.61 bits per heavy atom. The van der Waals surface area contributed by atoms with Crippen LogP contribution in [0.4, 0.5) is 0 Å². The number of hydrogen-bond donors (Lipinski definition) is 8. The van der Waals surface area contributed by atoms with Crippen molar-refractivity contribution in [2.24, 2.45) is 17.4 Å². The third kappa shape index (κ3) is 8.88. The summed E-state index contributed by atoms with van der Waals surface area (Å²) < 4.78 is 0. The van der Waals surface area contributed by atoms with Crippen molar-refractivity contribution in [3.63, 3.8) is 0 Å². The molecule has 0 aliphatic rings. The Hall–Kier alpha value is -4.23. The minimum Gasteiger partial charge on any atom is -0.480 e. The van der Waals surface area contributed by atoms with E-state index in [1.165, 1.54) is 12.5 Å². The molecule has 0 spiro atoms. The molecular weight excluding hydrogens is 528 g/mol. The van der Waals surface area contributed by atoms with Crippen molar-refractivity contribution in [1.82, 2.24) is 30.9 Å². The number of imidazole rings is 1. The number of amides is 3. The molecule has 41 heavy (non-hydrogen) atoms. The van der Waals surface area contributed by atoms with Gasteiger partial charge in [-0.3, -0.25) is 14.4 Å². The summed E-state index contributed by atoms with van der Waals surface area (Å²) in [6, 6.07) is 3.28. The molecule has 222 valence electrons. The van der Waals surface area contributed by atoms with Crippen LogP contribution in [0.5, 0.6) is 0 Å². The van der Waals surface area contributed by atoms with E-state index in [2.05, 4.69) is 30.9 Å². The fourth-order valence-corrected chi connectivity index (χ4v) is 4.42. The molecule has 0 saturated heterocycles. The van der Waals surface area contributed by atoms with Crippen LogP contribution in [-0.4, -0.2) is 74.5 Å². The molecule has 0 radical (unpaired) electrons. The first-order valence-corrected chi connectivity index (χ1v) is 13.7. The number of para-hydroxylation sites is 1. The number of aromatic amines is 2. The molecular formula is C28H40N8O5. The van der Waals surface area contributed by atoms with Crippen LogP contribution in [0.25, 0.3) is 10.9 Å². The summed E-state index contributed by atoms with van der Waals surface area (Å²) in [7, 11) is 0. The maximum Gasteiger partial charge on any atom is 0.326 e. The highest BCUT2D eigenvalue weighted by molar-refractivity contribution is 5.94. The SMILES string of the molecule is CC(C)C(N)C(=O)NC(Cc1cnc[nH]1)C(=O)NC(CCCCN)C(=O)NC(Cc1c[nH]c2ccccc12)C(=O)O. The first kappa shape index (κ1) is 31.3. The molecule has 3 rings (SSSR count). The van der Waals surface area contributed by atoms with Gasteiger partial charge in [-0.15, -0.1) is 0 Å². The van der Waals surface area contributed by atoms with Crippen molar-refractivity contribution in [3.8, 4) is 0 Å². The normalized spacial score (nSPS) is 14.3. The van der Waals surface area contributed by atoms with E-state index in [4.69, 9.17) is 11.5 Å². The Bertz CT molecular complexity index is 1310. The van der Waals surface area contributed by atoms with Gasteiger partial charge in [0.1, 0.15) is 18.1 Å². The number of carboxylic acid groups (broad SMARTS) is 1. The largest absolute Gasteiger partial charge is 0.480 e. The zero-order valence-corrected chi connectivity index (χ0v) is 23.4. The van der Waals surface area contributed by atoms with E-state index < -0.39 is 47.9 Å². The van der Waals surface area contributed by atoms with E-state index in [0.717, 1.165) is 16.5 Å². The number of carboxylic acids is 1. The molecule has 1 aromatic carbocycles.